The highest BCUT2D eigenvalue weighted by Crippen LogP contribution is 2.38. The van der Waals surface area contributed by atoms with Crippen molar-refractivity contribution >= 4 is 12.4 Å². The van der Waals surface area contributed by atoms with Crippen molar-refractivity contribution in [3.05, 3.63) is 47.5 Å². The Morgan fingerprint density at radius 3 is 2.04 bits per heavy atom. The molecule has 1 unspecified atom stereocenters. The van der Waals surface area contributed by atoms with Gasteiger partial charge in [0.2, 0.25) is 5.75 Å². The molecule has 2 aromatic carbocycles. The van der Waals surface area contributed by atoms with E-state index in [0.29, 0.717) is 35.2 Å². The number of rotatable bonds is 10. The molecule has 0 aromatic heterocycles. The number of aldehydes is 1. The molecule has 0 fully saturated rings. The molecule has 2 aromatic rings. The third kappa shape index (κ3) is 5.19. The van der Waals surface area contributed by atoms with E-state index in [4.69, 9.17) is 23.7 Å². The lowest BCUT2D eigenvalue weighted by molar-refractivity contribution is -0.104. The first-order chi connectivity index (χ1) is 13.6. The summed E-state index contributed by atoms with van der Waals surface area (Å²) in [6.45, 7) is 1.98. The highest BCUT2D eigenvalue weighted by atomic mass is 16.5. The van der Waals surface area contributed by atoms with E-state index in [9.17, 15) is 4.79 Å². The monoisotopic (exact) mass is 386 g/mol. The average molecular weight is 386 g/mol. The van der Waals surface area contributed by atoms with E-state index in [1.54, 1.807) is 34.5 Å². The minimum atomic E-state index is -0.131. The van der Waals surface area contributed by atoms with E-state index in [-0.39, 0.29) is 6.10 Å². The number of methoxy groups -OCH3 is 4. The molecule has 1 atom stereocenters. The number of hydrogen-bond donors (Lipinski definition) is 0. The number of ether oxygens (including phenoxy) is 5. The van der Waals surface area contributed by atoms with Crippen LogP contribution in [0.15, 0.2) is 36.4 Å². The maximum absolute atomic E-state index is 10.5. The van der Waals surface area contributed by atoms with Gasteiger partial charge in [-0.05, 0) is 48.4 Å². The van der Waals surface area contributed by atoms with Gasteiger partial charge in [0.25, 0.3) is 0 Å². The fourth-order valence-electron chi connectivity index (χ4n) is 2.88. The van der Waals surface area contributed by atoms with E-state index in [1.165, 1.54) is 6.08 Å². The van der Waals surface area contributed by atoms with Gasteiger partial charge in [0.1, 0.15) is 12.4 Å². The molecule has 6 nitrogen and oxygen atoms in total. The fraction of sp³-hybridized carbons (Fsp3) is 0.318. The summed E-state index contributed by atoms with van der Waals surface area (Å²) in [4.78, 5) is 10.5. The van der Waals surface area contributed by atoms with E-state index < -0.39 is 0 Å². The van der Waals surface area contributed by atoms with Crippen molar-refractivity contribution in [2.24, 2.45) is 0 Å². The van der Waals surface area contributed by atoms with Crippen LogP contribution in [0.25, 0.3) is 6.08 Å². The molecular formula is C22H26O6. The van der Waals surface area contributed by atoms with Crippen molar-refractivity contribution in [1.29, 1.82) is 0 Å². The van der Waals surface area contributed by atoms with Gasteiger partial charge in [-0.25, -0.2) is 0 Å². The highest BCUT2D eigenvalue weighted by molar-refractivity contribution is 5.74. The maximum Gasteiger partial charge on any atom is 0.203 e. The minimum absolute atomic E-state index is 0.131. The first-order valence-corrected chi connectivity index (χ1v) is 8.81. The zero-order valence-electron chi connectivity index (χ0n) is 16.9. The molecule has 0 saturated carbocycles. The van der Waals surface area contributed by atoms with Crippen LogP contribution >= 0.6 is 0 Å². The lowest BCUT2D eigenvalue weighted by Crippen LogP contribution is -2.16. The number of allylic oxidation sites excluding steroid dienone is 1. The van der Waals surface area contributed by atoms with E-state index in [2.05, 4.69) is 0 Å². The van der Waals surface area contributed by atoms with Crippen LogP contribution in [-0.4, -0.2) is 40.8 Å². The number of carbonyl (C=O) groups excluding carboxylic acids is 1. The second-order valence-electron chi connectivity index (χ2n) is 6.07. The van der Waals surface area contributed by atoms with Crippen LogP contribution in [0.5, 0.6) is 28.7 Å². The summed E-state index contributed by atoms with van der Waals surface area (Å²) in [6, 6.07) is 9.33. The first-order valence-electron chi connectivity index (χ1n) is 8.81. The first kappa shape index (κ1) is 21.2. The van der Waals surface area contributed by atoms with E-state index in [1.807, 2.05) is 37.3 Å². The Labute approximate surface area is 165 Å². The molecule has 28 heavy (non-hydrogen) atoms. The normalized spacial score (nSPS) is 11.8. The lowest BCUT2D eigenvalue weighted by Gasteiger charge is -2.19. The minimum Gasteiger partial charge on any atom is -0.493 e. The highest BCUT2D eigenvalue weighted by Gasteiger charge is 2.16. The molecule has 0 saturated heterocycles. The maximum atomic E-state index is 10.5. The molecule has 0 heterocycles. The number of carbonyl (C=O) groups is 1. The fourth-order valence-corrected chi connectivity index (χ4v) is 2.88. The van der Waals surface area contributed by atoms with Crippen LogP contribution in [0.4, 0.5) is 0 Å². The molecule has 0 spiro atoms. The van der Waals surface area contributed by atoms with Gasteiger partial charge < -0.3 is 23.7 Å². The van der Waals surface area contributed by atoms with Gasteiger partial charge >= 0.3 is 0 Å². The van der Waals surface area contributed by atoms with Crippen LogP contribution < -0.4 is 23.7 Å². The second-order valence-corrected chi connectivity index (χ2v) is 6.07. The van der Waals surface area contributed by atoms with Crippen molar-refractivity contribution in [2.75, 3.05) is 28.4 Å². The molecule has 0 aliphatic heterocycles. The summed E-state index contributed by atoms with van der Waals surface area (Å²) in [5.41, 5.74) is 1.85. The molecule has 0 aliphatic rings. The molecule has 2 rings (SSSR count). The Bertz CT molecular complexity index is 803. The van der Waals surface area contributed by atoms with Crippen LogP contribution in [0, 0.1) is 0 Å². The van der Waals surface area contributed by atoms with Gasteiger partial charge in [0, 0.05) is 6.42 Å². The van der Waals surface area contributed by atoms with Crippen molar-refractivity contribution in [3.8, 4) is 28.7 Å². The van der Waals surface area contributed by atoms with Gasteiger partial charge in [0.05, 0.1) is 28.4 Å². The third-order valence-corrected chi connectivity index (χ3v) is 4.13. The van der Waals surface area contributed by atoms with Crippen LogP contribution in [0.3, 0.4) is 0 Å². The smallest absolute Gasteiger partial charge is 0.203 e. The Morgan fingerprint density at radius 2 is 1.50 bits per heavy atom. The quantitative estimate of drug-likeness (QED) is 0.455. The zero-order chi connectivity index (χ0) is 20.5. The number of hydrogen-bond acceptors (Lipinski definition) is 6. The van der Waals surface area contributed by atoms with Crippen LogP contribution in [0.2, 0.25) is 0 Å². The average Bonchev–Trinajstić information content (AvgIpc) is 2.71. The summed E-state index contributed by atoms with van der Waals surface area (Å²) >= 11 is 0. The Kier molecular flexibility index (Phi) is 7.75. The predicted octanol–water partition coefficient (Wildman–Crippen LogP) is 3.94. The summed E-state index contributed by atoms with van der Waals surface area (Å²) in [6.07, 6.45) is 4.37. The summed E-state index contributed by atoms with van der Waals surface area (Å²) in [5.74, 6) is 3.00. The molecule has 0 amide bonds. The lowest BCUT2D eigenvalue weighted by atomic mass is 10.1. The molecule has 0 radical (unpaired) electrons. The number of benzene rings is 2. The topological polar surface area (TPSA) is 63.2 Å². The molecular weight excluding hydrogens is 360 g/mol. The standard InChI is InChI=1S/C22H26O6/c1-15(11-17-13-20(25-3)22(27-5)21(14-17)26-4)28-18-9-8-16(7-6-10-23)12-19(18)24-2/h6-10,12-15H,11H2,1-5H3. The van der Waals surface area contributed by atoms with Gasteiger partial charge in [0.15, 0.2) is 23.0 Å². The van der Waals surface area contributed by atoms with Gasteiger partial charge in [-0.1, -0.05) is 12.1 Å². The molecule has 0 N–H and O–H groups in total. The summed E-state index contributed by atoms with van der Waals surface area (Å²) in [5, 5.41) is 0. The SMILES string of the molecule is COc1cc(C=CC=O)ccc1OC(C)Cc1cc(OC)c(OC)c(OC)c1. The predicted molar refractivity (Wildman–Crippen MR) is 108 cm³/mol. The molecule has 150 valence electrons. The van der Waals surface area contributed by atoms with Gasteiger partial charge in [-0.2, -0.15) is 0 Å². The summed E-state index contributed by atoms with van der Waals surface area (Å²) < 4.78 is 27.7. The zero-order valence-corrected chi connectivity index (χ0v) is 16.9. The molecule has 6 heteroatoms. The van der Waals surface area contributed by atoms with Crippen LogP contribution in [0.1, 0.15) is 18.1 Å². The van der Waals surface area contributed by atoms with Crippen molar-refractivity contribution in [1.82, 2.24) is 0 Å². The van der Waals surface area contributed by atoms with E-state index in [0.717, 1.165) is 17.4 Å². The van der Waals surface area contributed by atoms with Gasteiger partial charge in [-0.15, -0.1) is 0 Å². The second kappa shape index (κ2) is 10.3. The summed E-state index contributed by atoms with van der Waals surface area (Å²) in [7, 11) is 6.34. The Balaban J connectivity index is 2.19. The van der Waals surface area contributed by atoms with Crippen molar-refractivity contribution in [2.45, 2.75) is 19.4 Å². The molecule has 0 aliphatic carbocycles. The molecule has 0 bridgehead atoms. The Morgan fingerprint density at radius 1 is 0.857 bits per heavy atom. The largest absolute Gasteiger partial charge is 0.493 e. The van der Waals surface area contributed by atoms with Crippen molar-refractivity contribution in [3.63, 3.8) is 0 Å². The van der Waals surface area contributed by atoms with Crippen LogP contribution in [-0.2, 0) is 11.2 Å². The van der Waals surface area contributed by atoms with E-state index >= 15 is 0 Å². The van der Waals surface area contributed by atoms with Gasteiger partial charge in [-0.3, -0.25) is 4.79 Å². The Hall–Kier alpha value is -3.15. The van der Waals surface area contributed by atoms with Crippen molar-refractivity contribution < 1.29 is 28.5 Å². The third-order valence-electron chi connectivity index (χ3n) is 4.13.